The summed E-state index contributed by atoms with van der Waals surface area (Å²) >= 11 is 0. The zero-order chi connectivity index (χ0) is 21.6. The summed E-state index contributed by atoms with van der Waals surface area (Å²) in [6.45, 7) is 12.1. The third-order valence-electron chi connectivity index (χ3n) is 4.17. The van der Waals surface area contributed by atoms with Crippen LogP contribution >= 0.6 is 0 Å². The smallest absolute Gasteiger partial charge is 0.407 e. The Hall–Kier alpha value is -3.02. The van der Waals surface area contributed by atoms with E-state index in [9.17, 15) is 9.59 Å². The highest BCUT2D eigenvalue weighted by Gasteiger charge is 2.15. The number of carbonyl (C=O) groups is 2. The van der Waals surface area contributed by atoms with Crippen molar-refractivity contribution in [2.45, 2.75) is 47.1 Å². The third-order valence-corrected chi connectivity index (χ3v) is 4.17. The van der Waals surface area contributed by atoms with E-state index in [1.165, 1.54) is 0 Å². The maximum atomic E-state index is 11.8. The second-order valence-electron chi connectivity index (χ2n) is 7.71. The van der Waals surface area contributed by atoms with Crippen molar-refractivity contribution in [2.75, 3.05) is 13.2 Å². The Kier molecular flexibility index (Phi) is 7.26. The summed E-state index contributed by atoms with van der Waals surface area (Å²) in [5.74, 6) is -0.318. The Bertz CT molecular complexity index is 887. The van der Waals surface area contributed by atoms with Crippen molar-refractivity contribution >= 4 is 18.1 Å². The lowest BCUT2D eigenvalue weighted by Gasteiger charge is -2.19. The van der Waals surface area contributed by atoms with Crippen LogP contribution in [0.5, 0.6) is 0 Å². The maximum Gasteiger partial charge on any atom is 0.407 e. The minimum absolute atomic E-state index is 0.318. The van der Waals surface area contributed by atoms with Crippen LogP contribution in [-0.2, 0) is 9.47 Å². The fourth-order valence-electron chi connectivity index (χ4n) is 2.96. The number of aromatic nitrogens is 1. The molecule has 6 heteroatoms. The Morgan fingerprint density at radius 3 is 2.38 bits per heavy atom. The van der Waals surface area contributed by atoms with E-state index >= 15 is 0 Å². The van der Waals surface area contributed by atoms with E-state index < -0.39 is 11.7 Å². The topological polar surface area (TPSA) is 69.6 Å². The highest BCUT2D eigenvalue weighted by atomic mass is 16.6. The summed E-state index contributed by atoms with van der Waals surface area (Å²) < 4.78 is 12.4. The first kappa shape index (κ1) is 22.3. The maximum absolute atomic E-state index is 11.8. The zero-order valence-electron chi connectivity index (χ0n) is 18.0. The number of nitrogens with one attached hydrogen (secondary N) is 1. The molecule has 0 aliphatic carbocycles. The molecular formula is C23H30N2O4. The number of ether oxygens (including phenoxy) is 2. The van der Waals surface area contributed by atoms with Crippen LogP contribution in [0.3, 0.4) is 0 Å². The van der Waals surface area contributed by atoms with Gasteiger partial charge in [0.15, 0.2) is 0 Å². The number of rotatable bonds is 6. The van der Waals surface area contributed by atoms with Crippen molar-refractivity contribution in [1.29, 1.82) is 0 Å². The highest BCUT2D eigenvalue weighted by molar-refractivity contribution is 5.89. The number of alkyl carbamates (subject to hydrolysis) is 1. The fraction of sp³-hybridized carbons (Fsp3) is 0.391. The van der Waals surface area contributed by atoms with E-state index in [4.69, 9.17) is 9.47 Å². The van der Waals surface area contributed by atoms with Crippen molar-refractivity contribution in [3.63, 3.8) is 0 Å². The van der Waals surface area contributed by atoms with Gasteiger partial charge in [-0.3, -0.25) is 0 Å². The molecule has 1 amide bonds. The SMILES string of the molecule is CCOC(=O)c1ccc(-n2c(C)cc(C=CCNC(=O)OC(C)(C)C)c2C)cc1. The van der Waals surface area contributed by atoms with Crippen LogP contribution in [0, 0.1) is 13.8 Å². The molecule has 0 spiro atoms. The number of nitrogens with zero attached hydrogens (tertiary/aromatic N) is 1. The monoisotopic (exact) mass is 398 g/mol. The summed E-state index contributed by atoms with van der Waals surface area (Å²) in [7, 11) is 0. The van der Waals surface area contributed by atoms with Crippen molar-refractivity contribution in [3.8, 4) is 5.69 Å². The molecule has 6 nitrogen and oxygen atoms in total. The van der Waals surface area contributed by atoms with Crippen LogP contribution in [-0.4, -0.2) is 35.4 Å². The standard InChI is InChI=1S/C23H30N2O4/c1-7-28-21(26)18-10-12-20(13-11-18)25-16(2)15-19(17(25)3)9-8-14-24-22(27)29-23(4,5)6/h8-13,15H,7,14H2,1-6H3,(H,24,27). The number of esters is 1. The van der Waals surface area contributed by atoms with Crippen molar-refractivity contribution < 1.29 is 19.1 Å². The van der Waals surface area contributed by atoms with Gasteiger partial charge in [0.25, 0.3) is 0 Å². The Morgan fingerprint density at radius 2 is 1.79 bits per heavy atom. The molecule has 156 valence electrons. The van der Waals surface area contributed by atoms with Crippen LogP contribution in [0.15, 0.2) is 36.4 Å². The number of benzene rings is 1. The van der Waals surface area contributed by atoms with Gasteiger partial charge >= 0.3 is 12.1 Å². The minimum atomic E-state index is -0.512. The van der Waals surface area contributed by atoms with E-state index in [2.05, 4.69) is 16.0 Å². The molecule has 1 heterocycles. The summed E-state index contributed by atoms with van der Waals surface area (Å²) in [5.41, 5.74) is 4.20. The molecule has 0 aliphatic rings. The molecule has 1 aromatic carbocycles. The minimum Gasteiger partial charge on any atom is -0.462 e. The summed E-state index contributed by atoms with van der Waals surface area (Å²) in [6.07, 6.45) is 3.43. The zero-order valence-corrected chi connectivity index (χ0v) is 18.0. The quantitative estimate of drug-likeness (QED) is 0.709. The Morgan fingerprint density at radius 1 is 1.14 bits per heavy atom. The summed E-state index contributed by atoms with van der Waals surface area (Å²) in [4.78, 5) is 23.5. The molecule has 0 saturated carbocycles. The number of amides is 1. The first-order valence-corrected chi connectivity index (χ1v) is 9.72. The summed E-state index contributed by atoms with van der Waals surface area (Å²) in [5, 5.41) is 2.71. The largest absolute Gasteiger partial charge is 0.462 e. The van der Waals surface area contributed by atoms with E-state index in [1.54, 1.807) is 19.1 Å². The molecule has 1 aromatic heterocycles. The second kappa shape index (κ2) is 9.45. The van der Waals surface area contributed by atoms with Crippen molar-refractivity contribution in [3.05, 3.63) is 58.9 Å². The number of hydrogen-bond acceptors (Lipinski definition) is 4. The number of carbonyl (C=O) groups excluding carboxylic acids is 2. The lowest BCUT2D eigenvalue weighted by atomic mass is 10.2. The number of hydrogen-bond donors (Lipinski definition) is 1. The van der Waals surface area contributed by atoms with Gasteiger partial charge in [-0.2, -0.15) is 0 Å². The van der Waals surface area contributed by atoms with Crippen LogP contribution < -0.4 is 5.32 Å². The molecule has 0 aliphatic heterocycles. The molecule has 2 aromatic rings. The van der Waals surface area contributed by atoms with Gasteiger partial charge in [0.1, 0.15) is 5.60 Å². The predicted octanol–water partition coefficient (Wildman–Crippen LogP) is 4.81. The van der Waals surface area contributed by atoms with Gasteiger partial charge in [0.2, 0.25) is 0 Å². The van der Waals surface area contributed by atoms with E-state index in [1.807, 2.05) is 58.9 Å². The number of aryl methyl sites for hydroxylation is 1. The van der Waals surface area contributed by atoms with E-state index in [0.717, 1.165) is 22.6 Å². The molecule has 0 radical (unpaired) electrons. The average Bonchev–Trinajstić information content (AvgIpc) is 2.91. The Balaban J connectivity index is 2.08. The van der Waals surface area contributed by atoms with Gasteiger partial charge in [-0.15, -0.1) is 0 Å². The van der Waals surface area contributed by atoms with Crippen molar-refractivity contribution in [2.24, 2.45) is 0 Å². The summed E-state index contributed by atoms with van der Waals surface area (Å²) in [6, 6.07) is 9.44. The molecular weight excluding hydrogens is 368 g/mol. The molecule has 1 N–H and O–H groups in total. The van der Waals surface area contributed by atoms with Crippen molar-refractivity contribution in [1.82, 2.24) is 9.88 Å². The first-order chi connectivity index (χ1) is 13.6. The van der Waals surface area contributed by atoms with Gasteiger partial charge < -0.3 is 19.4 Å². The molecule has 0 fully saturated rings. The van der Waals surface area contributed by atoms with E-state index in [0.29, 0.717) is 18.7 Å². The van der Waals surface area contributed by atoms with Crippen LogP contribution in [0.1, 0.15) is 55.0 Å². The molecule has 29 heavy (non-hydrogen) atoms. The first-order valence-electron chi connectivity index (χ1n) is 9.72. The molecule has 0 atom stereocenters. The predicted molar refractivity (Wildman–Crippen MR) is 114 cm³/mol. The molecule has 0 saturated heterocycles. The molecule has 0 unspecified atom stereocenters. The lowest BCUT2D eigenvalue weighted by Crippen LogP contribution is -2.32. The normalized spacial score (nSPS) is 11.5. The van der Waals surface area contributed by atoms with Crippen LogP contribution in [0.2, 0.25) is 0 Å². The second-order valence-corrected chi connectivity index (χ2v) is 7.71. The van der Waals surface area contributed by atoms with Gasteiger partial charge in [0, 0.05) is 23.6 Å². The van der Waals surface area contributed by atoms with Gasteiger partial charge in [-0.1, -0.05) is 12.2 Å². The van der Waals surface area contributed by atoms with Crippen LogP contribution in [0.25, 0.3) is 11.8 Å². The van der Waals surface area contributed by atoms with E-state index in [-0.39, 0.29) is 5.97 Å². The lowest BCUT2D eigenvalue weighted by molar-refractivity contribution is 0.0519. The highest BCUT2D eigenvalue weighted by Crippen LogP contribution is 2.22. The average molecular weight is 399 g/mol. The molecule has 0 bridgehead atoms. The molecule has 2 rings (SSSR count). The van der Waals surface area contributed by atoms with Gasteiger partial charge in [-0.05, 0) is 77.4 Å². The van der Waals surface area contributed by atoms with Gasteiger partial charge in [0.05, 0.1) is 12.2 Å². The van der Waals surface area contributed by atoms with Crippen LogP contribution in [0.4, 0.5) is 4.79 Å². The Labute approximate surface area is 172 Å². The van der Waals surface area contributed by atoms with Gasteiger partial charge in [-0.25, -0.2) is 9.59 Å². The fourth-order valence-corrected chi connectivity index (χ4v) is 2.96. The third kappa shape index (κ3) is 6.24.